The van der Waals surface area contributed by atoms with Crippen molar-refractivity contribution < 1.29 is 17.6 Å². The van der Waals surface area contributed by atoms with Crippen molar-refractivity contribution in [3.8, 4) is 0 Å². The Kier molecular flexibility index (Phi) is 6.03. The number of hydrogen-bond donors (Lipinski definition) is 1. The fourth-order valence-electron chi connectivity index (χ4n) is 3.05. The molecular weight excluding hydrogens is 308 g/mol. The lowest BCUT2D eigenvalue weighted by Gasteiger charge is -2.36. The van der Waals surface area contributed by atoms with Gasteiger partial charge in [-0.3, -0.25) is 4.90 Å². The molecule has 0 radical (unpaired) electrons. The van der Waals surface area contributed by atoms with Crippen LogP contribution in [-0.2, 0) is 12.7 Å². The zero-order chi connectivity index (χ0) is 17.0. The molecule has 2 rings (SSSR count). The Bertz CT molecular complexity index is 508. The molecule has 1 aromatic carbocycles. The molecule has 0 atom stereocenters. The first kappa shape index (κ1) is 18.2. The van der Waals surface area contributed by atoms with Crippen LogP contribution in [0.4, 0.5) is 17.6 Å². The van der Waals surface area contributed by atoms with Crippen LogP contribution in [0.1, 0.15) is 37.8 Å². The van der Waals surface area contributed by atoms with Gasteiger partial charge in [0.15, 0.2) is 0 Å². The Balaban J connectivity index is 2.15. The third kappa shape index (κ3) is 5.18. The number of nitrogens with zero attached hydrogens (tertiary/aromatic N) is 1. The topological polar surface area (TPSA) is 15.3 Å². The highest BCUT2D eigenvalue weighted by Gasteiger charge is 2.31. The average molecular weight is 332 g/mol. The van der Waals surface area contributed by atoms with Crippen LogP contribution >= 0.6 is 0 Å². The normalized spacial score (nSPS) is 17.2. The highest BCUT2D eigenvalue weighted by molar-refractivity contribution is 5.26. The Morgan fingerprint density at radius 1 is 1.22 bits per heavy atom. The van der Waals surface area contributed by atoms with Gasteiger partial charge in [0.1, 0.15) is 5.82 Å². The fraction of sp³-hybridized carbons (Fsp3) is 0.647. The van der Waals surface area contributed by atoms with Crippen LogP contribution in [0.15, 0.2) is 18.2 Å². The Labute approximate surface area is 134 Å². The van der Waals surface area contributed by atoms with Crippen LogP contribution in [0.3, 0.4) is 0 Å². The third-order valence-electron chi connectivity index (χ3n) is 4.18. The summed E-state index contributed by atoms with van der Waals surface area (Å²) in [6, 6.07) is 3.19. The van der Waals surface area contributed by atoms with Crippen molar-refractivity contribution in [2.75, 3.05) is 19.6 Å². The molecular formula is C17H24F4N2. The lowest BCUT2D eigenvalue weighted by molar-refractivity contribution is -0.137. The van der Waals surface area contributed by atoms with Crippen molar-refractivity contribution >= 4 is 0 Å². The van der Waals surface area contributed by atoms with E-state index in [1.165, 1.54) is 6.07 Å². The van der Waals surface area contributed by atoms with E-state index in [1.807, 2.05) is 0 Å². The number of nitrogens with one attached hydrogen (secondary N) is 1. The van der Waals surface area contributed by atoms with E-state index < -0.39 is 17.6 Å². The molecule has 0 aromatic heterocycles. The smallest absolute Gasteiger partial charge is 0.317 e. The lowest BCUT2D eigenvalue weighted by Crippen LogP contribution is -2.44. The largest absolute Gasteiger partial charge is 0.416 e. The van der Waals surface area contributed by atoms with Crippen LogP contribution in [0.25, 0.3) is 0 Å². The van der Waals surface area contributed by atoms with Gasteiger partial charge in [0, 0.05) is 24.7 Å². The zero-order valence-corrected chi connectivity index (χ0v) is 13.6. The number of rotatable bonds is 5. The van der Waals surface area contributed by atoms with Crippen molar-refractivity contribution in [2.45, 2.75) is 45.5 Å². The van der Waals surface area contributed by atoms with E-state index in [4.69, 9.17) is 0 Å². The minimum absolute atomic E-state index is 0.331. The second-order valence-corrected chi connectivity index (χ2v) is 6.61. The highest BCUT2D eigenvalue weighted by Crippen LogP contribution is 2.30. The molecule has 0 aliphatic carbocycles. The van der Waals surface area contributed by atoms with E-state index in [9.17, 15) is 17.6 Å². The van der Waals surface area contributed by atoms with Gasteiger partial charge < -0.3 is 5.32 Å². The predicted octanol–water partition coefficient (Wildman–Crippen LogP) is 4.05. The second kappa shape index (κ2) is 7.62. The second-order valence-electron chi connectivity index (χ2n) is 6.61. The molecule has 1 fully saturated rings. The maximum Gasteiger partial charge on any atom is 0.416 e. The number of hydrogen-bond acceptors (Lipinski definition) is 2. The summed E-state index contributed by atoms with van der Waals surface area (Å²) < 4.78 is 52.0. The summed E-state index contributed by atoms with van der Waals surface area (Å²) in [6.45, 7) is 7.20. The van der Waals surface area contributed by atoms with Gasteiger partial charge in [-0.15, -0.1) is 0 Å². The van der Waals surface area contributed by atoms with Gasteiger partial charge in [-0.05, 0) is 44.0 Å². The third-order valence-corrected chi connectivity index (χ3v) is 4.18. The maximum absolute atomic E-state index is 14.1. The molecule has 23 heavy (non-hydrogen) atoms. The highest BCUT2D eigenvalue weighted by atomic mass is 19.4. The molecule has 0 bridgehead atoms. The number of piperidine rings is 1. The molecule has 0 spiro atoms. The number of halogens is 4. The lowest BCUT2D eigenvalue weighted by atomic mass is 10.0. The van der Waals surface area contributed by atoms with E-state index in [2.05, 4.69) is 24.1 Å². The number of benzene rings is 1. The maximum atomic E-state index is 14.1. The first-order chi connectivity index (χ1) is 10.8. The van der Waals surface area contributed by atoms with Crippen LogP contribution in [0.5, 0.6) is 0 Å². The molecule has 0 unspecified atom stereocenters. The van der Waals surface area contributed by atoms with Gasteiger partial charge in [0.05, 0.1) is 5.56 Å². The van der Waals surface area contributed by atoms with Gasteiger partial charge in [0.2, 0.25) is 0 Å². The molecule has 6 heteroatoms. The van der Waals surface area contributed by atoms with Gasteiger partial charge >= 0.3 is 6.18 Å². The van der Waals surface area contributed by atoms with Crippen LogP contribution in [0.2, 0.25) is 0 Å². The standard InChI is InChI=1S/C17H24F4N2/c1-12(2)10-23(15-5-7-22-8-6-15)11-13-3-4-14(9-16(13)18)17(19,20)21/h3-4,9,12,15,22H,5-8,10-11H2,1-2H3. The Morgan fingerprint density at radius 2 is 1.87 bits per heavy atom. The molecule has 1 heterocycles. The summed E-state index contributed by atoms with van der Waals surface area (Å²) in [6.07, 6.45) is -2.55. The molecule has 0 saturated carbocycles. The molecule has 130 valence electrons. The summed E-state index contributed by atoms with van der Waals surface area (Å²) in [5.74, 6) is -0.357. The molecule has 2 nitrogen and oxygen atoms in total. The van der Waals surface area contributed by atoms with E-state index in [1.54, 1.807) is 0 Å². The van der Waals surface area contributed by atoms with E-state index in [0.29, 0.717) is 30.1 Å². The Morgan fingerprint density at radius 3 is 2.39 bits per heavy atom. The first-order valence-electron chi connectivity index (χ1n) is 8.07. The minimum atomic E-state index is -4.51. The molecule has 0 amide bonds. The van der Waals surface area contributed by atoms with Crippen molar-refractivity contribution in [3.05, 3.63) is 35.1 Å². The van der Waals surface area contributed by atoms with E-state index in [-0.39, 0.29) is 0 Å². The minimum Gasteiger partial charge on any atom is -0.317 e. The van der Waals surface area contributed by atoms with Gasteiger partial charge in [-0.1, -0.05) is 19.9 Å². The van der Waals surface area contributed by atoms with Crippen LogP contribution in [0, 0.1) is 11.7 Å². The fourth-order valence-corrected chi connectivity index (χ4v) is 3.05. The molecule has 1 aliphatic rings. The zero-order valence-electron chi connectivity index (χ0n) is 13.6. The summed E-state index contributed by atoms with van der Waals surface area (Å²) in [4.78, 5) is 2.21. The summed E-state index contributed by atoms with van der Waals surface area (Å²) >= 11 is 0. The molecule has 1 aliphatic heterocycles. The van der Waals surface area contributed by atoms with Crippen molar-refractivity contribution in [1.82, 2.24) is 10.2 Å². The van der Waals surface area contributed by atoms with E-state index >= 15 is 0 Å². The SMILES string of the molecule is CC(C)CN(Cc1ccc(C(F)(F)F)cc1F)C1CCNCC1. The summed E-state index contributed by atoms with van der Waals surface area (Å²) in [5, 5.41) is 3.30. The quantitative estimate of drug-likeness (QED) is 0.818. The van der Waals surface area contributed by atoms with Gasteiger partial charge in [-0.2, -0.15) is 13.2 Å². The van der Waals surface area contributed by atoms with E-state index in [0.717, 1.165) is 38.5 Å². The Hall–Kier alpha value is -1.14. The predicted molar refractivity (Wildman–Crippen MR) is 82.5 cm³/mol. The van der Waals surface area contributed by atoms with Crippen LogP contribution < -0.4 is 5.32 Å². The average Bonchev–Trinajstić information content (AvgIpc) is 2.48. The van der Waals surface area contributed by atoms with Gasteiger partial charge in [0.25, 0.3) is 0 Å². The van der Waals surface area contributed by atoms with Crippen LogP contribution in [-0.4, -0.2) is 30.6 Å². The molecule has 1 saturated heterocycles. The first-order valence-corrected chi connectivity index (χ1v) is 8.07. The number of alkyl halides is 3. The molecule has 1 aromatic rings. The van der Waals surface area contributed by atoms with Crippen molar-refractivity contribution in [1.29, 1.82) is 0 Å². The summed E-state index contributed by atoms with van der Waals surface area (Å²) in [5.41, 5.74) is -0.604. The molecule has 1 N–H and O–H groups in total. The van der Waals surface area contributed by atoms with Crippen molar-refractivity contribution in [2.24, 2.45) is 5.92 Å². The van der Waals surface area contributed by atoms with Crippen molar-refractivity contribution in [3.63, 3.8) is 0 Å². The van der Waals surface area contributed by atoms with Gasteiger partial charge in [-0.25, -0.2) is 4.39 Å². The monoisotopic (exact) mass is 332 g/mol. The summed E-state index contributed by atoms with van der Waals surface area (Å²) in [7, 11) is 0.